The average molecular weight is 923 g/mol. The Balaban J connectivity index is 1.06. The zero-order chi connectivity index (χ0) is 47.0. The first-order valence-corrected chi connectivity index (χ1v) is 22.0. The Bertz CT molecular complexity index is 2390. The topological polar surface area (TPSA) is 182 Å². The Morgan fingerprint density at radius 1 is 0.969 bits per heavy atom. The molecular formula is C46H54ClF3N8O7. The highest BCUT2D eigenvalue weighted by molar-refractivity contribution is 6.34. The molecule has 3 fully saturated rings. The van der Waals surface area contributed by atoms with E-state index in [4.69, 9.17) is 16.3 Å². The number of piperazine rings is 1. The van der Waals surface area contributed by atoms with Gasteiger partial charge in [-0.25, -0.2) is 14.8 Å². The molecule has 2 aliphatic heterocycles. The Labute approximate surface area is 380 Å². The van der Waals surface area contributed by atoms with Crippen molar-refractivity contribution in [3.05, 3.63) is 77.3 Å². The van der Waals surface area contributed by atoms with Crippen LogP contribution in [-0.4, -0.2) is 112 Å². The van der Waals surface area contributed by atoms with Crippen molar-refractivity contribution < 1.29 is 46.9 Å². The number of aromatic nitrogens is 3. The number of imidazole rings is 1. The summed E-state index contributed by atoms with van der Waals surface area (Å²) in [7, 11) is 1.25. The fraction of sp³-hybridized carbons (Fsp3) is 0.478. The zero-order valence-corrected chi connectivity index (χ0v) is 37.8. The number of hydrogen-bond donors (Lipinski definition) is 4. The standard InChI is InChI=1S/C46H54ClF3N8O7/c1-25(2)39(55-44(63)64-6)42(61)58-35-14-11-29(35)12-15-36(58)40-52-22-34(53-40)28-9-7-27(8-10-28)31-19-32(47)33(20-37(31)65-46(48,49)50)54-41(60)30-13-16-38(51-21-30)57-18-17-56(23-26(57)3)43(62)45(4,5)24-59/h7-10,13,16,19-22,25-26,29,35-36,39,59H,11-12,14-15,17-18,23-24H2,1-6H3,(H,52,53)(H,54,60)(H,55,63)/t26-,29-,35-,36+,39+/m1/s1. The number of piperidine rings is 1. The first kappa shape index (κ1) is 47.1. The number of aliphatic hydroxyl groups excluding tert-OH is 1. The molecule has 3 aliphatic rings. The van der Waals surface area contributed by atoms with E-state index in [1.165, 1.54) is 25.4 Å². The van der Waals surface area contributed by atoms with E-state index in [1.54, 1.807) is 55.3 Å². The number of halogens is 4. The van der Waals surface area contributed by atoms with Gasteiger partial charge in [0.05, 0.1) is 53.3 Å². The van der Waals surface area contributed by atoms with E-state index >= 15 is 0 Å². The summed E-state index contributed by atoms with van der Waals surface area (Å²) in [6.45, 7) is 10.1. The number of aliphatic hydroxyl groups is 1. The molecule has 1 aliphatic carbocycles. The SMILES string of the molecule is COC(=O)N[C@H](C(=O)N1[C@@H]2CC[C@@H]2CC[C@H]1c1ncc(-c2ccc(-c3cc(Cl)c(NC(=O)c4ccc(N5CCN(C(=O)C(C)(C)CO)C[C@H]5C)nc4)cc3OC(F)(F)F)cc2)[nH]1)C(C)C. The number of pyridine rings is 1. The smallest absolute Gasteiger partial charge is 0.453 e. The maximum absolute atomic E-state index is 14.1. The van der Waals surface area contributed by atoms with Crippen molar-refractivity contribution in [3.8, 4) is 28.1 Å². The molecule has 4 aromatic rings. The molecule has 1 saturated carbocycles. The maximum Gasteiger partial charge on any atom is 0.573 e. The van der Waals surface area contributed by atoms with Gasteiger partial charge in [0.25, 0.3) is 5.91 Å². The molecule has 4 N–H and O–H groups in total. The summed E-state index contributed by atoms with van der Waals surface area (Å²) in [6.07, 6.45) is 0.727. The largest absolute Gasteiger partial charge is 0.573 e. The van der Waals surface area contributed by atoms with Crippen LogP contribution in [0, 0.1) is 17.3 Å². The van der Waals surface area contributed by atoms with Crippen LogP contribution in [0.3, 0.4) is 0 Å². The number of aromatic amines is 1. The van der Waals surface area contributed by atoms with Crippen LogP contribution in [-0.2, 0) is 14.3 Å². The van der Waals surface area contributed by atoms with Gasteiger partial charge >= 0.3 is 12.5 Å². The van der Waals surface area contributed by atoms with Crippen molar-refractivity contribution in [1.82, 2.24) is 30.1 Å². The fourth-order valence-electron chi connectivity index (χ4n) is 8.87. The van der Waals surface area contributed by atoms with Gasteiger partial charge in [0.2, 0.25) is 11.8 Å². The van der Waals surface area contributed by atoms with Gasteiger partial charge in [-0.05, 0) is 87.6 Å². The molecule has 2 aromatic carbocycles. The molecule has 0 unspecified atom stereocenters. The van der Waals surface area contributed by atoms with E-state index in [0.29, 0.717) is 60.4 Å². The lowest BCUT2D eigenvalue weighted by Crippen LogP contribution is -2.60. The van der Waals surface area contributed by atoms with Gasteiger partial charge in [-0.15, -0.1) is 13.2 Å². The number of methoxy groups -OCH3 is 1. The Hall–Kier alpha value is -5.88. The van der Waals surface area contributed by atoms with Crippen molar-refractivity contribution in [2.24, 2.45) is 17.3 Å². The maximum atomic E-state index is 14.1. The number of H-pyrrole nitrogens is 1. The van der Waals surface area contributed by atoms with Crippen molar-refractivity contribution in [1.29, 1.82) is 0 Å². The quantitative estimate of drug-likeness (QED) is 0.109. The number of rotatable bonds is 12. The first-order valence-electron chi connectivity index (χ1n) is 21.6. The van der Waals surface area contributed by atoms with Gasteiger partial charge < -0.3 is 44.9 Å². The second-order valence-electron chi connectivity index (χ2n) is 17.9. The van der Waals surface area contributed by atoms with Crippen LogP contribution in [0.25, 0.3) is 22.4 Å². The number of alkyl halides is 3. The second kappa shape index (κ2) is 18.9. The predicted molar refractivity (Wildman–Crippen MR) is 237 cm³/mol. The number of nitrogens with one attached hydrogen (secondary N) is 3. The van der Waals surface area contributed by atoms with Crippen LogP contribution in [0.4, 0.5) is 29.5 Å². The Morgan fingerprint density at radius 3 is 2.28 bits per heavy atom. The third kappa shape index (κ3) is 10.2. The number of nitrogens with zero attached hydrogens (tertiary/aromatic N) is 5. The minimum Gasteiger partial charge on any atom is -0.453 e. The average Bonchev–Trinajstić information content (AvgIpc) is 3.76. The monoisotopic (exact) mass is 922 g/mol. The molecule has 4 amide bonds. The molecule has 5 atom stereocenters. The van der Waals surface area contributed by atoms with E-state index in [9.17, 15) is 37.5 Å². The molecule has 0 spiro atoms. The van der Waals surface area contributed by atoms with Gasteiger partial charge in [0.15, 0.2) is 0 Å². The van der Waals surface area contributed by atoms with Crippen LogP contribution >= 0.6 is 11.6 Å². The Morgan fingerprint density at radius 2 is 1.68 bits per heavy atom. The molecule has 19 heteroatoms. The fourth-order valence-corrected chi connectivity index (χ4v) is 9.08. The number of alkyl carbamates (subject to hydrolysis) is 1. The first-order chi connectivity index (χ1) is 30.8. The second-order valence-corrected chi connectivity index (χ2v) is 18.3. The minimum absolute atomic E-state index is 0.0206. The number of fused-ring (bicyclic) bond motifs is 1. The summed E-state index contributed by atoms with van der Waals surface area (Å²) >= 11 is 6.61. The highest BCUT2D eigenvalue weighted by atomic mass is 35.5. The molecule has 0 bridgehead atoms. The zero-order valence-electron chi connectivity index (χ0n) is 37.0. The molecule has 4 heterocycles. The lowest BCUT2D eigenvalue weighted by molar-refractivity contribution is -0.274. The van der Waals surface area contributed by atoms with E-state index in [0.717, 1.165) is 25.3 Å². The number of hydrogen-bond acceptors (Lipinski definition) is 10. The minimum atomic E-state index is -5.07. The number of carbonyl (C=O) groups excluding carboxylic acids is 4. The Kier molecular flexibility index (Phi) is 13.7. The molecule has 7 rings (SSSR count). The van der Waals surface area contributed by atoms with Crippen LogP contribution in [0.15, 0.2) is 60.9 Å². The molecule has 2 saturated heterocycles. The number of ether oxygens (including phenoxy) is 2. The van der Waals surface area contributed by atoms with Crippen molar-refractivity contribution in [2.45, 2.75) is 90.8 Å². The van der Waals surface area contributed by atoms with Crippen molar-refractivity contribution in [3.63, 3.8) is 0 Å². The number of amides is 4. The van der Waals surface area contributed by atoms with E-state index < -0.39 is 35.6 Å². The van der Waals surface area contributed by atoms with E-state index in [1.807, 2.05) is 30.6 Å². The third-order valence-electron chi connectivity index (χ3n) is 12.7. The summed E-state index contributed by atoms with van der Waals surface area (Å²) in [6, 6.07) is 10.9. The summed E-state index contributed by atoms with van der Waals surface area (Å²) in [5.74, 6) is -0.256. The number of likely N-dealkylation sites (tertiary alicyclic amines) is 1. The van der Waals surface area contributed by atoms with E-state index in [-0.39, 0.29) is 64.3 Å². The summed E-state index contributed by atoms with van der Waals surface area (Å²) in [5.41, 5.74) is 0.791. The van der Waals surface area contributed by atoms with Crippen molar-refractivity contribution >= 4 is 46.9 Å². The van der Waals surface area contributed by atoms with Gasteiger partial charge in [-0.1, -0.05) is 49.7 Å². The lowest BCUT2D eigenvalue weighted by atomic mass is 9.71. The normalized spacial score (nSPS) is 20.4. The van der Waals surface area contributed by atoms with E-state index in [2.05, 4.69) is 30.3 Å². The molecule has 0 radical (unpaired) electrons. The molecular weight excluding hydrogens is 869 g/mol. The molecule has 2 aromatic heterocycles. The molecule has 348 valence electrons. The van der Waals surface area contributed by atoms with Gasteiger partial charge in [0.1, 0.15) is 23.4 Å². The summed E-state index contributed by atoms with van der Waals surface area (Å²) in [5, 5.41) is 14.9. The molecule has 65 heavy (non-hydrogen) atoms. The van der Waals surface area contributed by atoms with Crippen LogP contribution in [0.2, 0.25) is 5.02 Å². The predicted octanol–water partition coefficient (Wildman–Crippen LogP) is 7.82. The van der Waals surface area contributed by atoms with Crippen LogP contribution in [0.5, 0.6) is 5.75 Å². The van der Waals surface area contributed by atoms with Gasteiger partial charge in [-0.2, -0.15) is 0 Å². The van der Waals surface area contributed by atoms with Crippen LogP contribution in [0.1, 0.15) is 82.5 Å². The highest BCUT2D eigenvalue weighted by Gasteiger charge is 2.48. The molecule has 15 nitrogen and oxygen atoms in total. The summed E-state index contributed by atoms with van der Waals surface area (Å²) in [4.78, 5) is 70.7. The van der Waals surface area contributed by atoms with Gasteiger partial charge in [0, 0.05) is 49.5 Å². The third-order valence-corrected chi connectivity index (χ3v) is 13.0. The number of carbonyl (C=O) groups is 4. The van der Waals surface area contributed by atoms with Crippen molar-refractivity contribution in [2.75, 3.05) is 43.6 Å². The van der Waals surface area contributed by atoms with Gasteiger partial charge in [-0.3, -0.25) is 14.4 Å². The van der Waals surface area contributed by atoms with Crippen LogP contribution < -0.4 is 20.3 Å². The highest BCUT2D eigenvalue weighted by Crippen LogP contribution is 2.47. The number of benzene rings is 2. The lowest BCUT2D eigenvalue weighted by Gasteiger charge is -2.52. The summed E-state index contributed by atoms with van der Waals surface area (Å²) < 4.78 is 50.7. The number of anilines is 2.